The van der Waals surface area contributed by atoms with Crippen molar-refractivity contribution >= 4 is 17.9 Å². The van der Waals surface area contributed by atoms with Gasteiger partial charge in [-0.05, 0) is 59.1 Å². The van der Waals surface area contributed by atoms with Crippen molar-refractivity contribution < 1.29 is 38.4 Å². The molecule has 0 radical (unpaired) electrons. The van der Waals surface area contributed by atoms with Gasteiger partial charge in [0.2, 0.25) is 0 Å². The molecule has 2 aliphatic carbocycles. The summed E-state index contributed by atoms with van der Waals surface area (Å²) >= 11 is 0. The number of carbonyl (C=O) groups excluding carboxylic acids is 3. The number of carbonyl (C=O) groups is 3. The van der Waals surface area contributed by atoms with Crippen LogP contribution in [0.15, 0.2) is 30.3 Å². The van der Waals surface area contributed by atoms with Gasteiger partial charge in [-0.15, -0.1) is 0 Å². The number of hydrogen-bond acceptors (Lipinski definition) is 8. The molecule has 3 fully saturated rings. The van der Waals surface area contributed by atoms with Crippen LogP contribution in [-0.4, -0.2) is 58.1 Å². The van der Waals surface area contributed by atoms with Gasteiger partial charge in [0.15, 0.2) is 0 Å². The molecule has 3 aliphatic rings. The van der Waals surface area contributed by atoms with Gasteiger partial charge in [-0.25, -0.2) is 4.79 Å². The zero-order valence-corrected chi connectivity index (χ0v) is 20.6. The second kappa shape index (κ2) is 8.05. The molecule has 8 nitrogen and oxygen atoms in total. The summed E-state index contributed by atoms with van der Waals surface area (Å²) in [6.07, 6.45) is -1.42. The highest BCUT2D eigenvalue weighted by molar-refractivity contribution is 5.89. The first-order chi connectivity index (χ1) is 15.8. The normalized spacial score (nSPS) is 40.1. The summed E-state index contributed by atoms with van der Waals surface area (Å²) in [6.45, 7) is 9.89. The fraction of sp³-hybridized carbons (Fsp3) is 0.654. The van der Waals surface area contributed by atoms with E-state index in [9.17, 15) is 19.5 Å². The Bertz CT molecular complexity index is 986. The topological polar surface area (TPSA) is 108 Å². The van der Waals surface area contributed by atoms with E-state index in [2.05, 4.69) is 0 Å². The van der Waals surface area contributed by atoms with Gasteiger partial charge >= 0.3 is 17.9 Å². The van der Waals surface area contributed by atoms with E-state index >= 15 is 0 Å². The molecule has 4 rings (SSSR count). The Morgan fingerprint density at radius 3 is 2.15 bits per heavy atom. The lowest BCUT2D eigenvalue weighted by molar-refractivity contribution is -0.327. The third-order valence-electron chi connectivity index (χ3n) is 8.24. The molecule has 1 aromatic carbocycles. The Morgan fingerprint density at radius 2 is 1.56 bits per heavy atom. The predicted molar refractivity (Wildman–Crippen MR) is 121 cm³/mol. The number of fused-ring (bicyclic) bond motifs is 1. The minimum Gasteiger partial charge on any atom is -0.462 e. The van der Waals surface area contributed by atoms with Crippen LogP contribution >= 0.6 is 0 Å². The first kappa shape index (κ1) is 24.7. The number of benzene rings is 1. The van der Waals surface area contributed by atoms with Crippen molar-refractivity contribution in [2.45, 2.75) is 95.9 Å². The van der Waals surface area contributed by atoms with E-state index in [1.807, 2.05) is 20.8 Å². The molecule has 186 valence electrons. The largest absolute Gasteiger partial charge is 0.462 e. The third kappa shape index (κ3) is 3.45. The van der Waals surface area contributed by atoms with Gasteiger partial charge in [0.05, 0.1) is 22.2 Å². The molecule has 0 aromatic heterocycles. The maximum Gasteiger partial charge on any atom is 0.338 e. The average Bonchev–Trinajstić information content (AvgIpc) is 2.91. The van der Waals surface area contributed by atoms with E-state index in [0.717, 1.165) is 0 Å². The molecule has 1 spiro atoms. The van der Waals surface area contributed by atoms with Crippen LogP contribution in [0.1, 0.15) is 71.2 Å². The van der Waals surface area contributed by atoms with Crippen LogP contribution < -0.4 is 0 Å². The molecular weight excluding hydrogens is 440 g/mol. The van der Waals surface area contributed by atoms with Gasteiger partial charge in [-0.1, -0.05) is 18.2 Å². The highest BCUT2D eigenvalue weighted by Gasteiger charge is 2.82. The lowest BCUT2D eigenvalue weighted by Gasteiger charge is -2.64. The summed E-state index contributed by atoms with van der Waals surface area (Å²) in [6, 6.07) is 8.63. The van der Waals surface area contributed by atoms with Crippen LogP contribution in [0.5, 0.6) is 0 Å². The van der Waals surface area contributed by atoms with Crippen molar-refractivity contribution in [3.8, 4) is 0 Å². The van der Waals surface area contributed by atoms with Crippen LogP contribution in [-0.2, 0) is 28.5 Å². The minimum atomic E-state index is -1.47. The van der Waals surface area contributed by atoms with Gasteiger partial charge < -0.3 is 24.1 Å². The summed E-state index contributed by atoms with van der Waals surface area (Å²) in [5.74, 6) is -1.84. The molecule has 8 heteroatoms. The molecule has 7 atom stereocenters. The zero-order valence-electron chi connectivity index (χ0n) is 20.6. The summed E-state index contributed by atoms with van der Waals surface area (Å²) < 4.78 is 24.5. The number of ether oxygens (including phenoxy) is 4. The maximum atomic E-state index is 13.1. The third-order valence-corrected chi connectivity index (χ3v) is 8.24. The Hall–Kier alpha value is -2.45. The SMILES string of the molecule is CC(=O)OC1CC2C(OC(C)=O)C3(OC2(C)C)C(C)(O)CCC(OC(=O)c2ccccc2)C13C. The Kier molecular flexibility index (Phi) is 5.84. The zero-order chi connectivity index (χ0) is 25.1. The van der Waals surface area contributed by atoms with Gasteiger partial charge in [-0.3, -0.25) is 9.59 Å². The number of hydrogen-bond donors (Lipinski definition) is 1. The van der Waals surface area contributed by atoms with E-state index < -0.39 is 58.4 Å². The quantitative estimate of drug-likeness (QED) is 0.524. The first-order valence-corrected chi connectivity index (χ1v) is 11.8. The van der Waals surface area contributed by atoms with E-state index in [1.165, 1.54) is 13.8 Å². The van der Waals surface area contributed by atoms with E-state index in [1.54, 1.807) is 37.3 Å². The molecule has 2 saturated carbocycles. The van der Waals surface area contributed by atoms with Gasteiger partial charge in [0.25, 0.3) is 0 Å². The second-order valence-electron chi connectivity index (χ2n) is 10.8. The Labute approximate surface area is 199 Å². The second-order valence-corrected chi connectivity index (χ2v) is 10.8. The molecule has 0 amide bonds. The summed E-state index contributed by atoms with van der Waals surface area (Å²) in [7, 11) is 0. The van der Waals surface area contributed by atoms with Crippen LogP contribution in [0.2, 0.25) is 0 Å². The standard InChI is InChI=1S/C26H34O8/c1-15(27)31-20-14-18-21(32-16(2)28)26(34-23(18,3)4)24(5,30)13-12-19(25(20,26)6)33-22(29)17-10-8-7-9-11-17/h7-11,18-21,30H,12-14H2,1-6H3. The number of rotatable bonds is 4. The van der Waals surface area contributed by atoms with Crippen LogP contribution in [0.3, 0.4) is 0 Å². The number of esters is 3. The molecule has 1 aromatic rings. The summed E-state index contributed by atoms with van der Waals surface area (Å²) in [4.78, 5) is 37.5. The van der Waals surface area contributed by atoms with Crippen molar-refractivity contribution in [1.82, 2.24) is 0 Å². The monoisotopic (exact) mass is 474 g/mol. The highest BCUT2D eigenvalue weighted by atomic mass is 16.6. The van der Waals surface area contributed by atoms with E-state index in [-0.39, 0.29) is 12.3 Å². The van der Waals surface area contributed by atoms with Crippen LogP contribution in [0, 0.1) is 11.3 Å². The molecule has 7 unspecified atom stereocenters. The fourth-order valence-electron chi connectivity index (χ4n) is 6.74. The molecule has 1 aliphatic heterocycles. The fourth-order valence-corrected chi connectivity index (χ4v) is 6.74. The van der Waals surface area contributed by atoms with Crippen molar-refractivity contribution in [2.24, 2.45) is 11.3 Å². The molecule has 2 bridgehead atoms. The molecular formula is C26H34O8. The summed E-state index contributed by atoms with van der Waals surface area (Å²) in [5.41, 5.74) is -4.54. The van der Waals surface area contributed by atoms with E-state index in [0.29, 0.717) is 18.4 Å². The van der Waals surface area contributed by atoms with Crippen molar-refractivity contribution in [3.05, 3.63) is 35.9 Å². The Morgan fingerprint density at radius 1 is 0.941 bits per heavy atom. The van der Waals surface area contributed by atoms with Gasteiger partial charge in [-0.2, -0.15) is 0 Å². The average molecular weight is 475 g/mol. The van der Waals surface area contributed by atoms with Gasteiger partial charge in [0.1, 0.15) is 23.9 Å². The maximum absolute atomic E-state index is 13.1. The first-order valence-electron chi connectivity index (χ1n) is 11.8. The van der Waals surface area contributed by atoms with Crippen molar-refractivity contribution in [3.63, 3.8) is 0 Å². The van der Waals surface area contributed by atoms with Crippen molar-refractivity contribution in [2.75, 3.05) is 0 Å². The van der Waals surface area contributed by atoms with Crippen LogP contribution in [0.4, 0.5) is 0 Å². The molecule has 1 saturated heterocycles. The number of aliphatic hydroxyl groups is 1. The highest BCUT2D eigenvalue weighted by Crippen LogP contribution is 2.68. The lowest BCUT2D eigenvalue weighted by Crippen LogP contribution is -2.79. The van der Waals surface area contributed by atoms with Crippen molar-refractivity contribution in [1.29, 1.82) is 0 Å². The lowest BCUT2D eigenvalue weighted by atomic mass is 9.47. The molecule has 1 heterocycles. The Balaban J connectivity index is 1.87. The smallest absolute Gasteiger partial charge is 0.338 e. The predicted octanol–water partition coefficient (Wildman–Crippen LogP) is 3.19. The molecule has 34 heavy (non-hydrogen) atoms. The van der Waals surface area contributed by atoms with E-state index in [4.69, 9.17) is 18.9 Å². The van der Waals surface area contributed by atoms with Crippen LogP contribution in [0.25, 0.3) is 0 Å². The van der Waals surface area contributed by atoms with Gasteiger partial charge in [0, 0.05) is 19.8 Å². The summed E-state index contributed by atoms with van der Waals surface area (Å²) in [5, 5.41) is 11.9. The molecule has 1 N–H and O–H groups in total. The minimum absolute atomic E-state index is 0.239.